The number of rotatable bonds is 13. The minimum absolute atomic E-state index is 0.200. The smallest absolute Gasteiger partial charge is 0.410 e. The van der Waals surface area contributed by atoms with Crippen LogP contribution in [0.4, 0.5) is 4.79 Å². The van der Waals surface area contributed by atoms with Crippen LogP contribution in [0.5, 0.6) is 0 Å². The van der Waals surface area contributed by atoms with Crippen LogP contribution in [0, 0.1) is 5.92 Å². The number of unbranched alkanes of at least 4 members (excludes halogenated alkanes) is 5. The van der Waals surface area contributed by atoms with Crippen molar-refractivity contribution in [3.05, 3.63) is 35.9 Å². The summed E-state index contributed by atoms with van der Waals surface area (Å²) in [5.74, 6) is -1.38. The molecule has 0 fully saturated rings. The third-order valence-electron chi connectivity index (χ3n) is 4.54. The van der Waals surface area contributed by atoms with Crippen molar-refractivity contribution in [1.29, 1.82) is 0 Å². The van der Waals surface area contributed by atoms with Gasteiger partial charge in [0, 0.05) is 13.1 Å². The van der Waals surface area contributed by atoms with E-state index in [-0.39, 0.29) is 13.2 Å². The standard InChI is InChI=1S/C21H33NO4/c1-3-5-6-7-8-12-15-19(20(23)24)16-22(4-2)21(25)26-17-18-13-10-9-11-14-18/h9-11,13-14,19H,3-8,12,15-17H2,1-2H3,(H,23,24). The van der Waals surface area contributed by atoms with Crippen molar-refractivity contribution in [3.63, 3.8) is 0 Å². The number of hydrogen-bond acceptors (Lipinski definition) is 3. The van der Waals surface area contributed by atoms with Crippen LogP contribution in [-0.2, 0) is 16.1 Å². The lowest BCUT2D eigenvalue weighted by molar-refractivity contribution is -0.142. The molecule has 0 saturated carbocycles. The minimum atomic E-state index is -0.840. The summed E-state index contributed by atoms with van der Waals surface area (Å²) in [4.78, 5) is 25.3. The van der Waals surface area contributed by atoms with Gasteiger partial charge in [-0.05, 0) is 18.9 Å². The lowest BCUT2D eigenvalue weighted by Crippen LogP contribution is -2.38. The summed E-state index contributed by atoms with van der Waals surface area (Å²) in [6.07, 6.45) is 6.88. The summed E-state index contributed by atoms with van der Waals surface area (Å²) >= 11 is 0. The van der Waals surface area contributed by atoms with Gasteiger partial charge in [-0.15, -0.1) is 0 Å². The number of carboxylic acid groups (broad SMARTS) is 1. The molecule has 0 aliphatic carbocycles. The number of carboxylic acids is 1. The molecule has 5 heteroatoms. The van der Waals surface area contributed by atoms with E-state index in [1.54, 1.807) is 0 Å². The highest BCUT2D eigenvalue weighted by atomic mass is 16.6. The second-order valence-corrected chi connectivity index (χ2v) is 6.67. The van der Waals surface area contributed by atoms with E-state index in [2.05, 4.69) is 6.92 Å². The molecule has 0 radical (unpaired) electrons. The number of carbonyl (C=O) groups is 2. The average Bonchev–Trinajstić information content (AvgIpc) is 2.65. The maximum Gasteiger partial charge on any atom is 0.410 e. The van der Waals surface area contributed by atoms with Gasteiger partial charge in [-0.2, -0.15) is 0 Å². The van der Waals surface area contributed by atoms with Crippen LogP contribution < -0.4 is 0 Å². The molecule has 26 heavy (non-hydrogen) atoms. The summed E-state index contributed by atoms with van der Waals surface area (Å²) in [7, 11) is 0. The molecule has 1 atom stereocenters. The fraction of sp³-hybridized carbons (Fsp3) is 0.619. The van der Waals surface area contributed by atoms with Crippen molar-refractivity contribution in [3.8, 4) is 0 Å². The predicted molar refractivity (Wildman–Crippen MR) is 103 cm³/mol. The predicted octanol–water partition coefficient (Wildman–Crippen LogP) is 5.10. The summed E-state index contributed by atoms with van der Waals surface area (Å²) in [5.41, 5.74) is 0.916. The Kier molecular flexibility index (Phi) is 11.2. The van der Waals surface area contributed by atoms with E-state index < -0.39 is 18.0 Å². The Bertz CT molecular complexity index is 518. The maximum atomic E-state index is 12.3. The first-order valence-corrected chi connectivity index (χ1v) is 9.76. The number of ether oxygens (including phenoxy) is 1. The molecule has 0 saturated heterocycles. The fourth-order valence-electron chi connectivity index (χ4n) is 2.87. The Morgan fingerprint density at radius 2 is 1.69 bits per heavy atom. The van der Waals surface area contributed by atoms with E-state index >= 15 is 0 Å². The second kappa shape index (κ2) is 13.2. The first kappa shape index (κ1) is 22.0. The third-order valence-corrected chi connectivity index (χ3v) is 4.54. The van der Waals surface area contributed by atoms with E-state index in [1.165, 1.54) is 24.2 Å². The lowest BCUT2D eigenvalue weighted by Gasteiger charge is -2.24. The van der Waals surface area contributed by atoms with Crippen molar-refractivity contribution in [2.24, 2.45) is 5.92 Å². The van der Waals surface area contributed by atoms with Gasteiger partial charge in [-0.25, -0.2) is 4.79 Å². The van der Waals surface area contributed by atoms with Crippen molar-refractivity contribution >= 4 is 12.1 Å². The van der Waals surface area contributed by atoms with Crippen LogP contribution in [0.1, 0.15) is 64.4 Å². The molecule has 1 aromatic rings. The topological polar surface area (TPSA) is 66.8 Å². The first-order valence-electron chi connectivity index (χ1n) is 9.76. The highest BCUT2D eigenvalue weighted by molar-refractivity contribution is 5.72. The van der Waals surface area contributed by atoms with Gasteiger partial charge in [0.2, 0.25) is 0 Å². The molecule has 0 heterocycles. The second-order valence-electron chi connectivity index (χ2n) is 6.67. The van der Waals surface area contributed by atoms with E-state index in [1.807, 2.05) is 37.3 Å². The number of carbonyl (C=O) groups excluding carboxylic acids is 1. The number of nitrogens with zero attached hydrogens (tertiary/aromatic N) is 1. The van der Waals surface area contributed by atoms with Crippen molar-refractivity contribution in [1.82, 2.24) is 4.90 Å². The van der Waals surface area contributed by atoms with Crippen LogP contribution in [-0.4, -0.2) is 35.2 Å². The number of amides is 1. The molecule has 1 N–H and O–H groups in total. The van der Waals surface area contributed by atoms with Crippen molar-refractivity contribution in [2.75, 3.05) is 13.1 Å². The van der Waals surface area contributed by atoms with Crippen LogP contribution >= 0.6 is 0 Å². The number of hydrogen-bond donors (Lipinski definition) is 1. The Labute approximate surface area is 157 Å². The molecule has 1 rings (SSSR count). The average molecular weight is 363 g/mol. The summed E-state index contributed by atoms with van der Waals surface area (Å²) in [6.45, 7) is 4.86. The van der Waals surface area contributed by atoms with Gasteiger partial charge >= 0.3 is 12.1 Å². The Morgan fingerprint density at radius 3 is 2.31 bits per heavy atom. The largest absolute Gasteiger partial charge is 0.481 e. The van der Waals surface area contributed by atoms with Gasteiger partial charge in [-0.3, -0.25) is 4.79 Å². The van der Waals surface area contributed by atoms with Gasteiger partial charge in [0.25, 0.3) is 0 Å². The van der Waals surface area contributed by atoms with Crippen molar-refractivity contribution in [2.45, 2.75) is 65.4 Å². The quantitative estimate of drug-likeness (QED) is 0.495. The zero-order chi connectivity index (χ0) is 19.2. The van der Waals surface area contributed by atoms with Crippen LogP contribution in [0.2, 0.25) is 0 Å². The Balaban J connectivity index is 2.42. The molecule has 146 valence electrons. The summed E-state index contributed by atoms with van der Waals surface area (Å²) < 4.78 is 5.33. The third kappa shape index (κ3) is 8.88. The molecule has 0 bridgehead atoms. The van der Waals surface area contributed by atoms with Gasteiger partial charge in [0.15, 0.2) is 0 Å². The summed E-state index contributed by atoms with van der Waals surface area (Å²) in [5, 5.41) is 9.47. The molecule has 1 unspecified atom stereocenters. The molecule has 1 amide bonds. The highest BCUT2D eigenvalue weighted by Crippen LogP contribution is 2.15. The SMILES string of the molecule is CCCCCCCCC(CN(CC)C(=O)OCc1ccccc1)C(=O)O. The number of benzene rings is 1. The summed E-state index contributed by atoms with van der Waals surface area (Å²) in [6, 6.07) is 9.47. The van der Waals surface area contributed by atoms with Crippen molar-refractivity contribution < 1.29 is 19.4 Å². The fourth-order valence-corrected chi connectivity index (χ4v) is 2.87. The lowest BCUT2D eigenvalue weighted by atomic mass is 9.99. The molecule has 0 aliphatic heterocycles. The van der Waals surface area contributed by atoms with Crippen LogP contribution in [0.15, 0.2) is 30.3 Å². The number of aliphatic carboxylic acids is 1. The van der Waals surface area contributed by atoms with Crippen LogP contribution in [0.25, 0.3) is 0 Å². The van der Waals surface area contributed by atoms with E-state index in [9.17, 15) is 14.7 Å². The van der Waals surface area contributed by atoms with Gasteiger partial charge in [0.05, 0.1) is 5.92 Å². The van der Waals surface area contributed by atoms with E-state index in [0.29, 0.717) is 13.0 Å². The molecular formula is C21H33NO4. The Hall–Kier alpha value is -2.04. The normalized spacial score (nSPS) is 11.8. The Morgan fingerprint density at radius 1 is 1.04 bits per heavy atom. The zero-order valence-corrected chi connectivity index (χ0v) is 16.2. The van der Waals surface area contributed by atoms with Crippen LogP contribution in [0.3, 0.4) is 0 Å². The van der Waals surface area contributed by atoms with Gasteiger partial charge in [0.1, 0.15) is 6.61 Å². The molecular weight excluding hydrogens is 330 g/mol. The first-order chi connectivity index (χ1) is 12.6. The minimum Gasteiger partial charge on any atom is -0.481 e. The van der Waals surface area contributed by atoms with Gasteiger partial charge < -0.3 is 14.7 Å². The zero-order valence-electron chi connectivity index (χ0n) is 16.2. The van der Waals surface area contributed by atoms with E-state index in [4.69, 9.17) is 4.74 Å². The van der Waals surface area contributed by atoms with Gasteiger partial charge in [-0.1, -0.05) is 75.8 Å². The molecule has 0 aromatic heterocycles. The maximum absolute atomic E-state index is 12.3. The molecule has 5 nitrogen and oxygen atoms in total. The highest BCUT2D eigenvalue weighted by Gasteiger charge is 2.23. The monoisotopic (exact) mass is 363 g/mol. The molecule has 0 spiro atoms. The van der Waals surface area contributed by atoms with E-state index in [0.717, 1.165) is 24.8 Å². The molecule has 0 aliphatic rings. The molecule has 1 aromatic carbocycles.